The van der Waals surface area contributed by atoms with Crippen molar-refractivity contribution in [2.45, 2.75) is 25.8 Å². The highest BCUT2D eigenvalue weighted by Gasteiger charge is 2.23. The molecule has 1 amide bonds. The van der Waals surface area contributed by atoms with E-state index >= 15 is 0 Å². The highest BCUT2D eigenvalue weighted by Crippen LogP contribution is 2.29. The molecule has 1 fully saturated rings. The molecular formula is C17H22N4O2. The molecule has 1 aliphatic rings. The summed E-state index contributed by atoms with van der Waals surface area (Å²) >= 11 is 0. The lowest BCUT2D eigenvalue weighted by Crippen LogP contribution is -2.44. The zero-order chi connectivity index (χ0) is 16.2. The molecule has 6 nitrogen and oxygen atoms in total. The van der Waals surface area contributed by atoms with Gasteiger partial charge in [0.2, 0.25) is 0 Å². The number of carbonyl (C=O) groups is 1. The lowest BCUT2D eigenvalue weighted by Gasteiger charge is -2.34. The molecule has 1 saturated heterocycles. The largest absolute Gasteiger partial charge is 0.495 e. The number of methoxy groups -OCH3 is 1. The van der Waals surface area contributed by atoms with Crippen molar-refractivity contribution in [2.75, 3.05) is 25.1 Å². The monoisotopic (exact) mass is 314 g/mol. The number of rotatable bonds is 4. The molecule has 0 spiro atoms. The normalized spacial score (nSPS) is 15.5. The molecule has 0 saturated carbocycles. The Hall–Kier alpha value is -2.50. The molecule has 1 aliphatic heterocycles. The van der Waals surface area contributed by atoms with Crippen molar-refractivity contribution in [3.63, 3.8) is 0 Å². The molecule has 0 unspecified atom stereocenters. The molecule has 0 atom stereocenters. The summed E-state index contributed by atoms with van der Waals surface area (Å²) in [5.74, 6) is 0.844. The van der Waals surface area contributed by atoms with E-state index in [9.17, 15) is 4.79 Å². The van der Waals surface area contributed by atoms with Gasteiger partial charge >= 0.3 is 0 Å². The van der Waals surface area contributed by atoms with Crippen LogP contribution >= 0.6 is 0 Å². The highest BCUT2D eigenvalue weighted by atomic mass is 16.5. The number of amides is 1. The first kappa shape index (κ1) is 15.4. The topological polar surface area (TPSA) is 70.2 Å². The Balaban J connectivity index is 1.58. The van der Waals surface area contributed by atoms with Crippen LogP contribution in [0.4, 0.5) is 5.69 Å². The van der Waals surface area contributed by atoms with Gasteiger partial charge in [0.1, 0.15) is 5.75 Å². The molecule has 122 valence electrons. The summed E-state index contributed by atoms with van der Waals surface area (Å²) < 4.78 is 5.43. The lowest BCUT2D eigenvalue weighted by atomic mass is 10.0. The molecule has 1 aromatic heterocycles. The third kappa shape index (κ3) is 3.31. The number of hydrogen-bond acceptors (Lipinski definition) is 4. The maximum atomic E-state index is 12.2. The van der Waals surface area contributed by atoms with Crippen molar-refractivity contribution in [2.24, 2.45) is 0 Å². The molecule has 2 heterocycles. The molecule has 0 bridgehead atoms. The number of benzene rings is 1. The molecule has 2 N–H and O–H groups in total. The molecule has 1 aromatic carbocycles. The maximum absolute atomic E-state index is 12.2. The van der Waals surface area contributed by atoms with Gasteiger partial charge in [-0.05, 0) is 31.9 Å². The van der Waals surface area contributed by atoms with Crippen LogP contribution in [-0.2, 0) is 0 Å². The number of para-hydroxylation sites is 2. The molecule has 0 aliphatic carbocycles. The van der Waals surface area contributed by atoms with Crippen LogP contribution in [0.1, 0.15) is 28.9 Å². The fraction of sp³-hybridized carbons (Fsp3) is 0.412. The summed E-state index contributed by atoms with van der Waals surface area (Å²) in [7, 11) is 1.69. The Morgan fingerprint density at radius 1 is 1.35 bits per heavy atom. The van der Waals surface area contributed by atoms with Gasteiger partial charge in [0, 0.05) is 24.8 Å². The number of nitrogens with zero attached hydrogens (tertiary/aromatic N) is 2. The third-order valence-electron chi connectivity index (χ3n) is 4.33. The van der Waals surface area contributed by atoms with Gasteiger partial charge in [-0.1, -0.05) is 12.1 Å². The van der Waals surface area contributed by atoms with Crippen molar-refractivity contribution in [3.05, 3.63) is 41.7 Å². The van der Waals surface area contributed by atoms with Crippen molar-refractivity contribution in [3.8, 4) is 5.75 Å². The minimum Gasteiger partial charge on any atom is -0.495 e. The van der Waals surface area contributed by atoms with Gasteiger partial charge in [0.15, 0.2) is 0 Å². The second-order valence-corrected chi connectivity index (χ2v) is 5.82. The third-order valence-corrected chi connectivity index (χ3v) is 4.33. The number of carbonyl (C=O) groups excluding carboxylic acids is 1. The molecule has 23 heavy (non-hydrogen) atoms. The summed E-state index contributed by atoms with van der Waals surface area (Å²) in [6.07, 6.45) is 3.41. The van der Waals surface area contributed by atoms with E-state index in [4.69, 9.17) is 4.74 Å². The highest BCUT2D eigenvalue weighted by molar-refractivity contribution is 5.95. The summed E-state index contributed by atoms with van der Waals surface area (Å²) in [6.45, 7) is 3.65. The Morgan fingerprint density at radius 2 is 2.09 bits per heavy atom. The van der Waals surface area contributed by atoms with E-state index in [0.29, 0.717) is 5.56 Å². The number of piperidine rings is 1. The van der Waals surface area contributed by atoms with Crippen molar-refractivity contribution < 1.29 is 9.53 Å². The molecule has 3 rings (SSSR count). The SMILES string of the molecule is COc1ccccc1N1CCC(NC(=O)c2cn[nH]c2C)CC1. The van der Waals surface area contributed by atoms with E-state index in [1.54, 1.807) is 13.3 Å². The maximum Gasteiger partial charge on any atom is 0.254 e. The Bertz CT molecular complexity index is 675. The van der Waals surface area contributed by atoms with Crippen LogP contribution in [0.2, 0.25) is 0 Å². The fourth-order valence-electron chi connectivity index (χ4n) is 3.00. The minimum atomic E-state index is -0.0491. The van der Waals surface area contributed by atoms with Crippen LogP contribution in [-0.4, -0.2) is 42.3 Å². The number of nitrogens with one attached hydrogen (secondary N) is 2. The summed E-state index contributed by atoms with van der Waals surface area (Å²) in [5, 5.41) is 9.80. The lowest BCUT2D eigenvalue weighted by molar-refractivity contribution is 0.0930. The van der Waals surface area contributed by atoms with Crippen molar-refractivity contribution in [1.29, 1.82) is 0 Å². The van der Waals surface area contributed by atoms with Gasteiger partial charge < -0.3 is 15.0 Å². The van der Waals surface area contributed by atoms with E-state index < -0.39 is 0 Å². The van der Waals surface area contributed by atoms with Crippen molar-refractivity contribution in [1.82, 2.24) is 15.5 Å². The summed E-state index contributed by atoms with van der Waals surface area (Å²) in [6, 6.07) is 8.25. The Morgan fingerprint density at radius 3 is 2.74 bits per heavy atom. The number of aromatic nitrogens is 2. The van der Waals surface area contributed by atoms with Crippen LogP contribution in [0.25, 0.3) is 0 Å². The smallest absolute Gasteiger partial charge is 0.254 e. The zero-order valence-electron chi connectivity index (χ0n) is 13.5. The van der Waals surface area contributed by atoms with Crippen LogP contribution in [0, 0.1) is 6.92 Å². The first-order valence-corrected chi connectivity index (χ1v) is 7.88. The molecular weight excluding hydrogens is 292 g/mol. The van der Waals surface area contributed by atoms with Gasteiger partial charge in [-0.2, -0.15) is 5.10 Å². The number of hydrogen-bond donors (Lipinski definition) is 2. The number of anilines is 1. The van der Waals surface area contributed by atoms with Gasteiger partial charge in [0.05, 0.1) is 24.6 Å². The standard InChI is InChI=1S/C17H22N4O2/c1-12-14(11-18-20-12)17(22)19-13-7-9-21(10-8-13)15-5-3-4-6-16(15)23-2/h3-6,11,13H,7-10H2,1-2H3,(H,18,20)(H,19,22). The van der Waals surface area contributed by atoms with E-state index in [1.165, 1.54) is 0 Å². The molecule has 2 aromatic rings. The average molecular weight is 314 g/mol. The number of ether oxygens (including phenoxy) is 1. The number of aromatic amines is 1. The second-order valence-electron chi connectivity index (χ2n) is 5.82. The van der Waals surface area contributed by atoms with E-state index in [2.05, 4.69) is 26.5 Å². The summed E-state index contributed by atoms with van der Waals surface area (Å²) in [4.78, 5) is 14.6. The molecule has 6 heteroatoms. The van der Waals surface area contributed by atoms with E-state index in [-0.39, 0.29) is 11.9 Å². The van der Waals surface area contributed by atoms with Gasteiger partial charge in [0.25, 0.3) is 5.91 Å². The van der Waals surface area contributed by atoms with Gasteiger partial charge in [-0.15, -0.1) is 0 Å². The minimum absolute atomic E-state index is 0.0491. The van der Waals surface area contributed by atoms with Crippen molar-refractivity contribution >= 4 is 11.6 Å². The van der Waals surface area contributed by atoms with Crippen LogP contribution in [0.15, 0.2) is 30.5 Å². The van der Waals surface area contributed by atoms with Gasteiger partial charge in [-0.25, -0.2) is 0 Å². The number of H-pyrrole nitrogens is 1. The van der Waals surface area contributed by atoms with Crippen LogP contribution in [0.5, 0.6) is 5.75 Å². The Labute approximate surface area is 135 Å². The predicted molar refractivity (Wildman–Crippen MR) is 89.0 cm³/mol. The quantitative estimate of drug-likeness (QED) is 0.907. The zero-order valence-corrected chi connectivity index (χ0v) is 13.5. The fourth-order valence-corrected chi connectivity index (χ4v) is 3.00. The predicted octanol–water partition coefficient (Wildman–Crippen LogP) is 2.13. The second kappa shape index (κ2) is 6.73. The first-order chi connectivity index (χ1) is 11.2. The Kier molecular flexibility index (Phi) is 4.50. The summed E-state index contributed by atoms with van der Waals surface area (Å²) in [5.41, 5.74) is 2.54. The van der Waals surface area contributed by atoms with Crippen LogP contribution in [0.3, 0.4) is 0 Å². The number of aryl methyl sites for hydroxylation is 1. The first-order valence-electron chi connectivity index (χ1n) is 7.88. The molecule has 0 radical (unpaired) electrons. The average Bonchev–Trinajstić information content (AvgIpc) is 3.02. The van der Waals surface area contributed by atoms with Crippen LogP contribution < -0.4 is 15.0 Å². The van der Waals surface area contributed by atoms with Gasteiger partial charge in [-0.3, -0.25) is 9.89 Å². The van der Waals surface area contributed by atoms with E-state index in [0.717, 1.165) is 43.1 Å². The van der Waals surface area contributed by atoms with E-state index in [1.807, 2.05) is 25.1 Å².